The molecule has 0 amide bonds. The molecule has 0 saturated carbocycles. The zero-order chi connectivity index (χ0) is 34.1. The predicted octanol–water partition coefficient (Wildman–Crippen LogP) is 11.2. The van der Waals surface area contributed by atoms with Crippen LogP contribution in [0.3, 0.4) is 0 Å². The minimum atomic E-state index is 0.521. The fourth-order valence-corrected chi connectivity index (χ4v) is 6.78. The lowest BCUT2D eigenvalue weighted by Gasteiger charge is -2.11. The molecule has 9 rings (SSSR count). The lowest BCUT2D eigenvalue weighted by Crippen LogP contribution is -2.00. The summed E-state index contributed by atoms with van der Waals surface area (Å²) in [6.45, 7) is 0. The molecule has 0 spiro atoms. The summed E-state index contributed by atoms with van der Waals surface area (Å²) < 4.78 is 2.32. The highest BCUT2D eigenvalue weighted by Crippen LogP contribution is 2.36. The summed E-state index contributed by atoms with van der Waals surface area (Å²) in [4.78, 5) is 14.6. The number of nitrogens with zero attached hydrogens (tertiary/aromatic N) is 5. The fourth-order valence-electron chi connectivity index (χ4n) is 6.78. The van der Waals surface area contributed by atoms with E-state index in [0.29, 0.717) is 23.0 Å². The van der Waals surface area contributed by atoms with Gasteiger partial charge in [-0.15, -0.1) is 0 Å². The average Bonchev–Trinajstić information content (AvgIpc) is 3.55. The van der Waals surface area contributed by atoms with Gasteiger partial charge in [0.05, 0.1) is 22.7 Å². The molecule has 238 valence electrons. The summed E-state index contributed by atoms with van der Waals surface area (Å²) in [6.07, 6.45) is 0. The van der Waals surface area contributed by atoms with E-state index in [1.54, 1.807) is 6.07 Å². The number of nitriles is 1. The fraction of sp³-hybridized carbons (Fsp3) is 0. The van der Waals surface area contributed by atoms with Crippen molar-refractivity contribution < 1.29 is 0 Å². The number of hydrogen-bond donors (Lipinski definition) is 0. The van der Waals surface area contributed by atoms with E-state index in [9.17, 15) is 5.26 Å². The van der Waals surface area contributed by atoms with Crippen LogP contribution in [-0.4, -0.2) is 19.5 Å². The van der Waals surface area contributed by atoms with Crippen LogP contribution in [0, 0.1) is 11.3 Å². The van der Waals surface area contributed by atoms with Gasteiger partial charge in [-0.1, -0.05) is 115 Å². The molecule has 0 unspecified atom stereocenters. The monoisotopic (exact) mass is 651 g/mol. The second kappa shape index (κ2) is 12.7. The molecular formula is C46H29N5. The Morgan fingerprint density at radius 2 is 0.882 bits per heavy atom. The molecule has 0 N–H and O–H groups in total. The Morgan fingerprint density at radius 1 is 0.373 bits per heavy atom. The summed E-state index contributed by atoms with van der Waals surface area (Å²) in [6, 6.07) is 62.5. The van der Waals surface area contributed by atoms with E-state index in [0.717, 1.165) is 33.4 Å². The van der Waals surface area contributed by atoms with E-state index >= 15 is 0 Å². The SMILES string of the molecule is N#Cc1cccc(-c2nc(-c3ccccc3)nc(-c3ccc(-n4c5ccccc5c5cc(-c6cccc(-c7ccccc7)c6)ccc54)cc3)n2)c1. The van der Waals surface area contributed by atoms with Gasteiger partial charge in [0, 0.05) is 33.2 Å². The highest BCUT2D eigenvalue weighted by molar-refractivity contribution is 6.10. The van der Waals surface area contributed by atoms with Gasteiger partial charge in [0.1, 0.15) is 0 Å². The summed E-state index contributed by atoms with van der Waals surface area (Å²) >= 11 is 0. The number of aromatic nitrogens is 4. The highest BCUT2D eigenvalue weighted by atomic mass is 15.0. The summed E-state index contributed by atoms with van der Waals surface area (Å²) in [5.74, 6) is 1.67. The van der Waals surface area contributed by atoms with Crippen LogP contribution in [-0.2, 0) is 0 Å². The van der Waals surface area contributed by atoms with Gasteiger partial charge >= 0.3 is 0 Å². The van der Waals surface area contributed by atoms with E-state index in [1.807, 2.05) is 54.6 Å². The smallest absolute Gasteiger partial charge is 0.164 e. The van der Waals surface area contributed by atoms with E-state index in [1.165, 1.54) is 33.0 Å². The molecule has 0 aliphatic rings. The first kappa shape index (κ1) is 29.9. The van der Waals surface area contributed by atoms with Crippen molar-refractivity contribution >= 4 is 21.8 Å². The Balaban J connectivity index is 1.13. The zero-order valence-electron chi connectivity index (χ0n) is 27.5. The summed E-state index contributed by atoms with van der Waals surface area (Å²) in [7, 11) is 0. The van der Waals surface area contributed by atoms with E-state index in [4.69, 9.17) is 15.0 Å². The van der Waals surface area contributed by atoms with Crippen LogP contribution < -0.4 is 0 Å². The Morgan fingerprint density at radius 3 is 1.61 bits per heavy atom. The Hall–Kier alpha value is -7.16. The molecule has 0 aliphatic heterocycles. The van der Waals surface area contributed by atoms with Crippen LogP contribution in [0.4, 0.5) is 0 Å². The molecule has 2 heterocycles. The van der Waals surface area contributed by atoms with Gasteiger partial charge in [0.25, 0.3) is 0 Å². The first-order chi connectivity index (χ1) is 25.2. The third-order valence-corrected chi connectivity index (χ3v) is 9.28. The van der Waals surface area contributed by atoms with Gasteiger partial charge in [-0.3, -0.25) is 0 Å². The molecule has 0 aliphatic carbocycles. The second-order valence-electron chi connectivity index (χ2n) is 12.4. The largest absolute Gasteiger partial charge is 0.309 e. The van der Waals surface area contributed by atoms with Gasteiger partial charge in [0.2, 0.25) is 0 Å². The van der Waals surface area contributed by atoms with Gasteiger partial charge in [-0.2, -0.15) is 5.26 Å². The number of fused-ring (bicyclic) bond motifs is 3. The van der Waals surface area contributed by atoms with Crippen molar-refractivity contribution in [1.29, 1.82) is 5.26 Å². The van der Waals surface area contributed by atoms with Crippen LogP contribution in [0.2, 0.25) is 0 Å². The van der Waals surface area contributed by atoms with Gasteiger partial charge < -0.3 is 4.57 Å². The topological polar surface area (TPSA) is 67.4 Å². The summed E-state index contributed by atoms with van der Waals surface area (Å²) in [5.41, 5.74) is 11.2. The number of para-hydroxylation sites is 1. The average molecular weight is 652 g/mol. The Kier molecular flexibility index (Phi) is 7.46. The molecule has 0 fully saturated rings. The maximum Gasteiger partial charge on any atom is 0.164 e. The van der Waals surface area contributed by atoms with Gasteiger partial charge in [0.15, 0.2) is 17.5 Å². The van der Waals surface area contributed by atoms with Crippen molar-refractivity contribution in [3.63, 3.8) is 0 Å². The molecule has 0 radical (unpaired) electrons. The third kappa shape index (κ3) is 5.61. The molecule has 0 atom stereocenters. The van der Waals surface area contributed by atoms with Crippen LogP contribution in [0.1, 0.15) is 5.56 Å². The van der Waals surface area contributed by atoms with Crippen molar-refractivity contribution in [3.05, 3.63) is 181 Å². The molecule has 7 aromatic carbocycles. The molecule has 51 heavy (non-hydrogen) atoms. The minimum Gasteiger partial charge on any atom is -0.309 e. The van der Waals surface area contributed by atoms with Crippen LogP contribution >= 0.6 is 0 Å². The van der Waals surface area contributed by atoms with Gasteiger partial charge in [-0.05, 0) is 82.9 Å². The number of benzene rings is 7. The molecule has 5 nitrogen and oxygen atoms in total. The first-order valence-corrected chi connectivity index (χ1v) is 16.8. The molecule has 0 bridgehead atoms. The van der Waals surface area contributed by atoms with Crippen molar-refractivity contribution in [1.82, 2.24) is 19.5 Å². The van der Waals surface area contributed by atoms with Crippen molar-refractivity contribution in [2.24, 2.45) is 0 Å². The van der Waals surface area contributed by atoms with Crippen molar-refractivity contribution in [2.75, 3.05) is 0 Å². The Bertz CT molecular complexity index is 2740. The standard InChI is InChI=1S/C46H29N5/c47-30-31-11-9-18-38(27-31)46-49-44(33-14-5-2-6-15-33)48-45(50-46)34-21-24-39(25-22-34)51-42-20-8-7-19-40(42)41-29-37(23-26-43(41)51)36-17-10-16-35(28-36)32-12-3-1-4-13-32/h1-29H. The number of hydrogen-bond acceptors (Lipinski definition) is 4. The van der Waals surface area contributed by atoms with Crippen LogP contribution in [0.5, 0.6) is 0 Å². The zero-order valence-corrected chi connectivity index (χ0v) is 27.5. The van der Waals surface area contributed by atoms with Crippen LogP contribution in [0.15, 0.2) is 176 Å². The van der Waals surface area contributed by atoms with Crippen molar-refractivity contribution in [3.8, 4) is 68.2 Å². The van der Waals surface area contributed by atoms with Gasteiger partial charge in [-0.25, -0.2) is 15.0 Å². The second-order valence-corrected chi connectivity index (χ2v) is 12.4. The lowest BCUT2D eigenvalue weighted by atomic mass is 9.98. The first-order valence-electron chi connectivity index (χ1n) is 16.8. The molecule has 9 aromatic rings. The molecule has 2 aromatic heterocycles. The maximum absolute atomic E-state index is 9.52. The quantitative estimate of drug-likeness (QED) is 0.179. The highest BCUT2D eigenvalue weighted by Gasteiger charge is 2.16. The minimum absolute atomic E-state index is 0.521. The predicted molar refractivity (Wildman–Crippen MR) is 206 cm³/mol. The maximum atomic E-state index is 9.52. The van der Waals surface area contributed by atoms with Crippen LogP contribution in [0.25, 0.3) is 83.9 Å². The Labute approximate surface area is 295 Å². The van der Waals surface area contributed by atoms with E-state index in [-0.39, 0.29) is 0 Å². The molecule has 5 heteroatoms. The van der Waals surface area contributed by atoms with E-state index in [2.05, 4.69) is 126 Å². The third-order valence-electron chi connectivity index (χ3n) is 9.28. The number of rotatable bonds is 6. The molecule has 0 saturated heterocycles. The normalized spacial score (nSPS) is 11.1. The van der Waals surface area contributed by atoms with Crippen molar-refractivity contribution in [2.45, 2.75) is 0 Å². The van der Waals surface area contributed by atoms with E-state index < -0.39 is 0 Å². The molecular weight excluding hydrogens is 623 g/mol. The lowest BCUT2D eigenvalue weighted by molar-refractivity contribution is 1.07. The summed E-state index contributed by atoms with van der Waals surface area (Å²) in [5, 5.41) is 11.9.